The van der Waals surface area contributed by atoms with Crippen LogP contribution in [-0.4, -0.2) is 13.1 Å². The van der Waals surface area contributed by atoms with Gasteiger partial charge in [-0.3, -0.25) is 4.79 Å². The highest BCUT2D eigenvalue weighted by Crippen LogP contribution is 2.48. The highest BCUT2D eigenvalue weighted by Gasteiger charge is 2.45. The second kappa shape index (κ2) is 2.66. The van der Waals surface area contributed by atoms with E-state index in [1.165, 1.54) is 7.11 Å². The molecule has 3 nitrogen and oxygen atoms in total. The Morgan fingerprint density at radius 1 is 1.75 bits per heavy atom. The number of carbonyl (C=O) groups excluding carboxylic acids is 1. The molecular formula is C9H10O3. The molecule has 1 saturated carbocycles. The normalized spacial score (nSPS) is 26.8. The van der Waals surface area contributed by atoms with Crippen LogP contribution in [0.3, 0.4) is 0 Å². The third-order valence-corrected chi connectivity index (χ3v) is 2.27. The summed E-state index contributed by atoms with van der Waals surface area (Å²) in [4.78, 5) is 11.0. The summed E-state index contributed by atoms with van der Waals surface area (Å²) < 4.78 is 9.56. The largest absolute Gasteiger partial charge is 0.472 e. The van der Waals surface area contributed by atoms with Gasteiger partial charge in [-0.05, 0) is 18.1 Å². The summed E-state index contributed by atoms with van der Waals surface area (Å²) in [6, 6.07) is 1.90. The number of carbonyl (C=O) groups is 1. The van der Waals surface area contributed by atoms with Gasteiger partial charge in [-0.15, -0.1) is 0 Å². The number of hydrogen-bond acceptors (Lipinski definition) is 3. The molecule has 2 rings (SSSR count). The fraction of sp³-hybridized carbons (Fsp3) is 0.444. The van der Waals surface area contributed by atoms with Gasteiger partial charge in [0.15, 0.2) is 0 Å². The maximum atomic E-state index is 11.0. The number of rotatable bonds is 2. The molecule has 1 heterocycles. The predicted molar refractivity (Wildman–Crippen MR) is 41.6 cm³/mol. The van der Waals surface area contributed by atoms with E-state index in [2.05, 4.69) is 4.74 Å². The van der Waals surface area contributed by atoms with Crippen molar-refractivity contribution in [3.8, 4) is 0 Å². The van der Waals surface area contributed by atoms with E-state index in [4.69, 9.17) is 4.42 Å². The molecule has 0 saturated heterocycles. The molecule has 1 aliphatic carbocycles. The second-order valence-electron chi connectivity index (χ2n) is 3.03. The Morgan fingerprint density at radius 3 is 3.17 bits per heavy atom. The molecule has 0 amide bonds. The summed E-state index contributed by atoms with van der Waals surface area (Å²) >= 11 is 0. The highest BCUT2D eigenvalue weighted by atomic mass is 16.5. The number of methoxy groups -OCH3 is 1. The van der Waals surface area contributed by atoms with Gasteiger partial charge >= 0.3 is 5.97 Å². The van der Waals surface area contributed by atoms with Crippen LogP contribution >= 0.6 is 0 Å². The number of furan rings is 1. The van der Waals surface area contributed by atoms with E-state index in [0.29, 0.717) is 5.92 Å². The fourth-order valence-corrected chi connectivity index (χ4v) is 1.46. The van der Waals surface area contributed by atoms with Crippen molar-refractivity contribution >= 4 is 5.97 Å². The van der Waals surface area contributed by atoms with E-state index in [1.54, 1.807) is 12.5 Å². The van der Waals surface area contributed by atoms with Crippen molar-refractivity contribution < 1.29 is 13.9 Å². The summed E-state index contributed by atoms with van der Waals surface area (Å²) in [5.74, 6) is 0.282. The lowest BCUT2D eigenvalue weighted by Gasteiger charge is -1.94. The molecule has 0 N–H and O–H groups in total. The number of esters is 1. The SMILES string of the molecule is COC(=O)C1CC1c1ccoc1. The Hall–Kier alpha value is -1.25. The van der Waals surface area contributed by atoms with Crippen LogP contribution in [0.2, 0.25) is 0 Å². The summed E-state index contributed by atoms with van der Waals surface area (Å²) in [6.07, 6.45) is 4.21. The molecule has 0 aliphatic heterocycles. The molecule has 0 bridgehead atoms. The van der Waals surface area contributed by atoms with Crippen LogP contribution in [-0.2, 0) is 9.53 Å². The average molecular weight is 166 g/mol. The van der Waals surface area contributed by atoms with E-state index in [-0.39, 0.29) is 11.9 Å². The maximum Gasteiger partial charge on any atom is 0.309 e. The van der Waals surface area contributed by atoms with Crippen LogP contribution in [0.15, 0.2) is 23.0 Å². The van der Waals surface area contributed by atoms with Crippen molar-refractivity contribution in [1.82, 2.24) is 0 Å². The average Bonchev–Trinajstić information content (AvgIpc) is 2.71. The zero-order valence-corrected chi connectivity index (χ0v) is 6.82. The molecule has 0 spiro atoms. The minimum Gasteiger partial charge on any atom is -0.472 e. The van der Waals surface area contributed by atoms with Gasteiger partial charge in [-0.1, -0.05) is 0 Å². The van der Waals surface area contributed by atoms with Gasteiger partial charge in [-0.25, -0.2) is 0 Å². The molecule has 12 heavy (non-hydrogen) atoms. The first-order chi connectivity index (χ1) is 5.83. The van der Waals surface area contributed by atoms with E-state index in [9.17, 15) is 4.79 Å². The molecule has 1 aromatic heterocycles. The lowest BCUT2D eigenvalue weighted by molar-refractivity contribution is -0.142. The Morgan fingerprint density at radius 2 is 2.58 bits per heavy atom. The Labute approximate surface area is 70.3 Å². The van der Waals surface area contributed by atoms with Gasteiger partial charge in [0.25, 0.3) is 0 Å². The van der Waals surface area contributed by atoms with Gasteiger partial charge in [0.1, 0.15) is 0 Å². The van der Waals surface area contributed by atoms with E-state index in [1.807, 2.05) is 6.07 Å². The number of ether oxygens (including phenoxy) is 1. The van der Waals surface area contributed by atoms with Gasteiger partial charge in [0, 0.05) is 5.92 Å². The molecule has 2 unspecified atom stereocenters. The van der Waals surface area contributed by atoms with E-state index < -0.39 is 0 Å². The van der Waals surface area contributed by atoms with Crippen LogP contribution in [0.4, 0.5) is 0 Å². The van der Waals surface area contributed by atoms with Crippen LogP contribution in [0, 0.1) is 5.92 Å². The van der Waals surface area contributed by atoms with Gasteiger partial charge in [-0.2, -0.15) is 0 Å². The second-order valence-corrected chi connectivity index (χ2v) is 3.03. The topological polar surface area (TPSA) is 39.4 Å². The summed E-state index contributed by atoms with van der Waals surface area (Å²) in [6.45, 7) is 0. The van der Waals surface area contributed by atoms with Crippen molar-refractivity contribution in [2.45, 2.75) is 12.3 Å². The molecule has 2 atom stereocenters. The lowest BCUT2D eigenvalue weighted by Crippen LogP contribution is -2.03. The monoisotopic (exact) mass is 166 g/mol. The smallest absolute Gasteiger partial charge is 0.309 e. The van der Waals surface area contributed by atoms with E-state index >= 15 is 0 Å². The summed E-state index contributed by atoms with van der Waals surface area (Å²) in [5.41, 5.74) is 1.10. The maximum absolute atomic E-state index is 11.0. The van der Waals surface area contributed by atoms with Gasteiger partial charge in [0.2, 0.25) is 0 Å². The fourth-order valence-electron chi connectivity index (χ4n) is 1.46. The summed E-state index contributed by atoms with van der Waals surface area (Å²) in [5, 5.41) is 0. The number of hydrogen-bond donors (Lipinski definition) is 0. The van der Waals surface area contributed by atoms with Crippen molar-refractivity contribution in [2.24, 2.45) is 5.92 Å². The minimum atomic E-state index is -0.110. The van der Waals surface area contributed by atoms with E-state index in [0.717, 1.165) is 12.0 Å². The van der Waals surface area contributed by atoms with Crippen molar-refractivity contribution in [3.63, 3.8) is 0 Å². The minimum absolute atomic E-state index is 0.0626. The Bertz CT molecular complexity index is 276. The third kappa shape index (κ3) is 1.11. The molecule has 0 radical (unpaired) electrons. The molecular weight excluding hydrogens is 156 g/mol. The molecule has 3 heteroatoms. The molecule has 1 aliphatic rings. The van der Waals surface area contributed by atoms with Crippen LogP contribution in [0.25, 0.3) is 0 Å². The molecule has 1 fully saturated rings. The Kier molecular flexibility index (Phi) is 1.64. The van der Waals surface area contributed by atoms with Gasteiger partial charge in [0.05, 0.1) is 25.6 Å². The van der Waals surface area contributed by atoms with Crippen LogP contribution < -0.4 is 0 Å². The standard InChI is InChI=1S/C9H10O3/c1-11-9(10)8-4-7(8)6-2-3-12-5-6/h2-3,5,7-8H,4H2,1H3. The Balaban J connectivity index is 2.01. The first-order valence-electron chi connectivity index (χ1n) is 3.93. The summed E-state index contributed by atoms with van der Waals surface area (Å²) in [7, 11) is 1.42. The van der Waals surface area contributed by atoms with Crippen molar-refractivity contribution in [2.75, 3.05) is 7.11 Å². The van der Waals surface area contributed by atoms with Crippen LogP contribution in [0.1, 0.15) is 17.9 Å². The zero-order chi connectivity index (χ0) is 8.55. The first-order valence-corrected chi connectivity index (χ1v) is 3.93. The highest BCUT2D eigenvalue weighted by molar-refractivity contribution is 5.77. The predicted octanol–water partition coefficient (Wildman–Crippen LogP) is 1.56. The van der Waals surface area contributed by atoms with Crippen molar-refractivity contribution in [1.29, 1.82) is 0 Å². The quantitative estimate of drug-likeness (QED) is 0.626. The first kappa shape index (κ1) is 7.40. The van der Waals surface area contributed by atoms with Gasteiger partial charge < -0.3 is 9.15 Å². The zero-order valence-electron chi connectivity index (χ0n) is 6.82. The van der Waals surface area contributed by atoms with Crippen LogP contribution in [0.5, 0.6) is 0 Å². The van der Waals surface area contributed by atoms with Crippen molar-refractivity contribution in [3.05, 3.63) is 24.2 Å². The lowest BCUT2D eigenvalue weighted by atomic mass is 10.2. The molecule has 0 aromatic carbocycles. The molecule has 1 aromatic rings. The third-order valence-electron chi connectivity index (χ3n) is 2.27. The molecule has 64 valence electrons.